The number of halogens is 1. The van der Waals surface area contributed by atoms with Gasteiger partial charge in [-0.2, -0.15) is 0 Å². The van der Waals surface area contributed by atoms with Crippen LogP contribution in [0.4, 0.5) is 0 Å². The Morgan fingerprint density at radius 2 is 2.04 bits per heavy atom. The van der Waals surface area contributed by atoms with E-state index in [9.17, 15) is 9.90 Å². The van der Waals surface area contributed by atoms with Crippen LogP contribution in [0.2, 0.25) is 0 Å². The lowest BCUT2D eigenvalue weighted by molar-refractivity contribution is -0.120. The first-order valence-corrected chi connectivity index (χ1v) is 12.2. The predicted molar refractivity (Wildman–Crippen MR) is 118 cm³/mol. The second-order valence-corrected chi connectivity index (χ2v) is 11.8. The number of ketones is 1. The van der Waals surface area contributed by atoms with Gasteiger partial charge in [0, 0.05) is 9.99 Å². The molecule has 0 radical (unpaired) electrons. The van der Waals surface area contributed by atoms with Gasteiger partial charge in [0.25, 0.3) is 0 Å². The molecule has 0 aliphatic heterocycles. The molecule has 1 aromatic carbocycles. The van der Waals surface area contributed by atoms with Crippen LogP contribution in [-0.4, -0.2) is 17.0 Å². The summed E-state index contributed by atoms with van der Waals surface area (Å²) in [6, 6.07) is 7.07. The molecule has 5 aliphatic rings. The van der Waals surface area contributed by atoms with Crippen molar-refractivity contribution in [3.05, 3.63) is 44.5 Å². The maximum atomic E-state index is 12.3. The van der Waals surface area contributed by atoms with Crippen LogP contribution in [-0.2, 0) is 11.2 Å². The molecule has 0 amide bonds. The van der Waals surface area contributed by atoms with Gasteiger partial charge in [-0.25, -0.2) is 0 Å². The maximum absolute atomic E-state index is 12.3. The maximum Gasteiger partial charge on any atom is 0.155 e. The highest BCUT2D eigenvalue weighted by molar-refractivity contribution is 14.1. The largest absolute Gasteiger partial charge is 0.393 e. The summed E-state index contributed by atoms with van der Waals surface area (Å²) in [7, 11) is 0. The van der Waals surface area contributed by atoms with Gasteiger partial charge in [0.05, 0.1) is 6.10 Å². The zero-order valence-electron chi connectivity index (χ0n) is 16.6. The van der Waals surface area contributed by atoms with Crippen LogP contribution in [0.3, 0.4) is 0 Å². The van der Waals surface area contributed by atoms with Crippen molar-refractivity contribution in [1.29, 1.82) is 0 Å². The Bertz CT molecular complexity index is 904. The molecular formula is C25H29IO2. The third-order valence-corrected chi connectivity index (χ3v) is 10.3. The van der Waals surface area contributed by atoms with E-state index in [1.807, 2.05) is 6.08 Å². The summed E-state index contributed by atoms with van der Waals surface area (Å²) in [6.45, 7) is 2.38. The SMILES string of the molecule is C[C@]12CC3c4ccc(I)cc4C[C@]45CCC(=O)C=C4CC[C@H](C35)[C@@H]1CC[C@@H]2O. The van der Waals surface area contributed by atoms with Crippen molar-refractivity contribution in [2.24, 2.45) is 28.6 Å². The minimum atomic E-state index is -0.145. The van der Waals surface area contributed by atoms with E-state index in [0.717, 1.165) is 38.5 Å². The second-order valence-electron chi connectivity index (χ2n) is 10.6. The van der Waals surface area contributed by atoms with Crippen molar-refractivity contribution in [3.8, 4) is 0 Å². The summed E-state index contributed by atoms with van der Waals surface area (Å²) >= 11 is 2.44. The van der Waals surface area contributed by atoms with E-state index >= 15 is 0 Å². The average Bonchev–Trinajstić information content (AvgIpc) is 2.96. The van der Waals surface area contributed by atoms with Crippen LogP contribution in [0.25, 0.3) is 0 Å². The number of fused-ring (bicyclic) bond motifs is 4. The second kappa shape index (κ2) is 5.94. The molecule has 3 fully saturated rings. The number of carbonyl (C=O) groups is 1. The summed E-state index contributed by atoms with van der Waals surface area (Å²) in [5.74, 6) is 2.91. The first-order valence-electron chi connectivity index (χ1n) is 11.1. The number of aliphatic hydroxyl groups is 1. The third kappa shape index (κ3) is 2.21. The van der Waals surface area contributed by atoms with Gasteiger partial charge in [0.2, 0.25) is 0 Å². The van der Waals surface area contributed by atoms with Gasteiger partial charge in [-0.3, -0.25) is 4.79 Å². The molecule has 0 aromatic heterocycles. The molecule has 3 heteroatoms. The van der Waals surface area contributed by atoms with E-state index in [4.69, 9.17) is 0 Å². The summed E-state index contributed by atoms with van der Waals surface area (Å²) in [4.78, 5) is 12.3. The summed E-state index contributed by atoms with van der Waals surface area (Å²) in [5, 5.41) is 11.0. The minimum absolute atomic E-state index is 0.0658. The molecule has 5 aliphatic carbocycles. The van der Waals surface area contributed by atoms with Crippen molar-refractivity contribution in [3.63, 3.8) is 0 Å². The Morgan fingerprint density at radius 1 is 1.18 bits per heavy atom. The molecule has 2 nitrogen and oxygen atoms in total. The lowest BCUT2D eigenvalue weighted by atomic mass is 9.40. The Morgan fingerprint density at radius 3 is 2.89 bits per heavy atom. The van der Waals surface area contributed by atoms with Gasteiger partial charge in [-0.1, -0.05) is 18.6 Å². The van der Waals surface area contributed by atoms with Gasteiger partial charge < -0.3 is 5.11 Å². The molecule has 1 spiro atoms. The summed E-state index contributed by atoms with van der Waals surface area (Å²) < 4.78 is 1.32. The van der Waals surface area contributed by atoms with Crippen LogP contribution in [0, 0.1) is 32.2 Å². The van der Waals surface area contributed by atoms with Crippen molar-refractivity contribution in [1.82, 2.24) is 0 Å². The molecule has 7 atom stereocenters. The van der Waals surface area contributed by atoms with Gasteiger partial charge in [0.15, 0.2) is 5.78 Å². The molecule has 148 valence electrons. The Hall–Kier alpha value is -0.680. The van der Waals surface area contributed by atoms with E-state index in [0.29, 0.717) is 29.5 Å². The van der Waals surface area contributed by atoms with Crippen LogP contribution < -0.4 is 0 Å². The van der Waals surface area contributed by atoms with Crippen LogP contribution in [0.5, 0.6) is 0 Å². The fourth-order valence-electron chi connectivity index (χ4n) is 8.55. The molecule has 2 unspecified atom stereocenters. The average molecular weight is 488 g/mol. The highest BCUT2D eigenvalue weighted by Gasteiger charge is 2.64. The van der Waals surface area contributed by atoms with Gasteiger partial charge in [-0.05, 0) is 131 Å². The molecule has 1 aromatic rings. The van der Waals surface area contributed by atoms with Gasteiger partial charge in [0.1, 0.15) is 0 Å². The number of allylic oxidation sites excluding steroid dienone is 1. The Labute approximate surface area is 181 Å². The highest BCUT2D eigenvalue weighted by atomic mass is 127. The van der Waals surface area contributed by atoms with E-state index < -0.39 is 0 Å². The Balaban J connectivity index is 1.57. The highest BCUT2D eigenvalue weighted by Crippen LogP contribution is 2.71. The first kappa shape index (κ1) is 18.1. The zero-order chi connectivity index (χ0) is 19.3. The summed E-state index contributed by atoms with van der Waals surface area (Å²) in [5.41, 5.74) is 4.81. The standard InChI is InChI=1S/C25H29IO2/c1-24-13-20-18-5-3-16(26)10-14(18)12-25-9-8-17(27)11-15(25)2-4-19(23(20)25)21(24)6-7-22(24)28/h3,5,10-11,19-23,28H,2,4,6-9,12-13H2,1H3/t19-,20?,21-,22-,23?,24-,25+/m0/s1. The first-order chi connectivity index (χ1) is 13.4. The van der Waals surface area contributed by atoms with Crippen molar-refractivity contribution in [2.45, 2.75) is 70.3 Å². The molecule has 1 N–H and O–H groups in total. The monoisotopic (exact) mass is 488 g/mol. The minimum Gasteiger partial charge on any atom is -0.393 e. The third-order valence-electron chi connectivity index (χ3n) is 9.62. The van der Waals surface area contributed by atoms with Crippen LogP contribution in [0.15, 0.2) is 29.8 Å². The number of hydrogen-bond donors (Lipinski definition) is 1. The topological polar surface area (TPSA) is 37.3 Å². The van der Waals surface area contributed by atoms with Crippen molar-refractivity contribution >= 4 is 28.4 Å². The quantitative estimate of drug-likeness (QED) is 0.496. The normalized spacial score (nSPS) is 46.2. The Kier molecular flexibility index (Phi) is 3.84. The van der Waals surface area contributed by atoms with E-state index in [2.05, 4.69) is 47.7 Å². The van der Waals surface area contributed by atoms with Gasteiger partial charge in [-0.15, -0.1) is 0 Å². The number of carbonyl (C=O) groups excluding carboxylic acids is 1. The fourth-order valence-corrected chi connectivity index (χ4v) is 9.11. The van der Waals surface area contributed by atoms with Crippen molar-refractivity contribution in [2.75, 3.05) is 0 Å². The van der Waals surface area contributed by atoms with Crippen molar-refractivity contribution < 1.29 is 9.90 Å². The number of hydrogen-bond acceptors (Lipinski definition) is 2. The molecule has 0 saturated heterocycles. The van der Waals surface area contributed by atoms with Crippen LogP contribution >= 0.6 is 22.6 Å². The number of rotatable bonds is 0. The number of aliphatic hydroxyl groups excluding tert-OH is 1. The molecule has 28 heavy (non-hydrogen) atoms. The molecule has 0 bridgehead atoms. The van der Waals surface area contributed by atoms with Gasteiger partial charge >= 0.3 is 0 Å². The number of benzene rings is 1. The van der Waals surface area contributed by atoms with Crippen LogP contribution in [0.1, 0.15) is 68.9 Å². The lowest BCUT2D eigenvalue weighted by Crippen LogP contribution is -2.57. The molecular weight excluding hydrogens is 459 g/mol. The fraction of sp³-hybridized carbons (Fsp3) is 0.640. The zero-order valence-corrected chi connectivity index (χ0v) is 18.7. The molecule has 0 heterocycles. The van der Waals surface area contributed by atoms with E-state index in [1.165, 1.54) is 27.5 Å². The van der Waals surface area contributed by atoms with E-state index in [-0.39, 0.29) is 16.9 Å². The predicted octanol–water partition coefficient (Wildman–Crippen LogP) is 5.41. The summed E-state index contributed by atoms with van der Waals surface area (Å²) in [6.07, 6.45) is 10.4. The smallest absolute Gasteiger partial charge is 0.155 e. The molecule has 6 rings (SSSR count). The van der Waals surface area contributed by atoms with E-state index in [1.54, 1.807) is 5.56 Å². The lowest BCUT2D eigenvalue weighted by Gasteiger charge is -2.64. The molecule has 3 saturated carbocycles.